The van der Waals surface area contributed by atoms with E-state index < -0.39 is 5.82 Å². The molecule has 1 N–H and O–H groups in total. The molecule has 1 heterocycles. The molecule has 17 heavy (non-hydrogen) atoms. The number of nitrogens with zero attached hydrogens (tertiary/aromatic N) is 1. The van der Waals surface area contributed by atoms with E-state index in [2.05, 4.69) is 25.8 Å². The molecule has 2 rings (SSSR count). The molecular formula is C12H14ClFN2S. The molecular weight excluding hydrogens is 259 g/mol. The van der Waals surface area contributed by atoms with Gasteiger partial charge in [-0.2, -0.15) is 0 Å². The zero-order chi connectivity index (χ0) is 12.7. The maximum atomic E-state index is 13.4. The number of H-pyrrole nitrogens is 1. The molecule has 0 fully saturated rings. The Morgan fingerprint density at radius 3 is 2.59 bits per heavy atom. The van der Waals surface area contributed by atoms with Crippen LogP contribution in [0.15, 0.2) is 12.1 Å². The summed E-state index contributed by atoms with van der Waals surface area (Å²) in [6.07, 6.45) is 0. The fraction of sp³-hybridized carbons (Fsp3) is 0.417. The summed E-state index contributed by atoms with van der Waals surface area (Å²) in [4.78, 5) is 3.01. The average Bonchev–Trinajstić information content (AvgIpc) is 2.53. The summed E-state index contributed by atoms with van der Waals surface area (Å²) in [5.41, 5.74) is 1.53. The first-order valence-electron chi connectivity index (χ1n) is 5.51. The van der Waals surface area contributed by atoms with Crippen LogP contribution in [-0.2, 0) is 0 Å². The molecule has 1 aromatic heterocycles. The maximum absolute atomic E-state index is 13.4. The van der Waals surface area contributed by atoms with Crippen LogP contribution < -0.4 is 0 Å². The average molecular weight is 273 g/mol. The van der Waals surface area contributed by atoms with Crippen LogP contribution in [0.5, 0.6) is 0 Å². The number of hydrogen-bond donors (Lipinski definition) is 1. The Hall–Kier alpha value is -0.870. The van der Waals surface area contributed by atoms with Crippen molar-refractivity contribution in [3.05, 3.63) is 27.7 Å². The van der Waals surface area contributed by atoms with E-state index in [1.807, 2.05) is 4.57 Å². The van der Waals surface area contributed by atoms with Gasteiger partial charge in [-0.3, -0.25) is 0 Å². The van der Waals surface area contributed by atoms with Crippen LogP contribution in [0.4, 0.5) is 4.39 Å². The minimum absolute atomic E-state index is 0.121. The van der Waals surface area contributed by atoms with Crippen molar-refractivity contribution in [2.45, 2.75) is 26.8 Å². The molecule has 0 spiro atoms. The van der Waals surface area contributed by atoms with Gasteiger partial charge in [0.05, 0.1) is 16.1 Å². The summed E-state index contributed by atoms with van der Waals surface area (Å²) in [6.45, 7) is 6.33. The quantitative estimate of drug-likeness (QED) is 0.786. The van der Waals surface area contributed by atoms with Crippen molar-refractivity contribution >= 4 is 34.9 Å². The van der Waals surface area contributed by atoms with Gasteiger partial charge >= 0.3 is 0 Å². The zero-order valence-electron chi connectivity index (χ0n) is 9.92. The predicted octanol–water partition coefficient (Wildman–Crippen LogP) is 4.71. The van der Waals surface area contributed by atoms with E-state index in [-0.39, 0.29) is 11.1 Å². The van der Waals surface area contributed by atoms with Gasteiger partial charge in [-0.05, 0) is 31.1 Å². The fourth-order valence-corrected chi connectivity index (χ4v) is 2.36. The van der Waals surface area contributed by atoms with Gasteiger partial charge in [-0.25, -0.2) is 4.39 Å². The molecule has 0 saturated heterocycles. The van der Waals surface area contributed by atoms with E-state index in [1.54, 1.807) is 6.07 Å². The Morgan fingerprint density at radius 1 is 1.35 bits per heavy atom. The van der Waals surface area contributed by atoms with Crippen molar-refractivity contribution in [2.24, 2.45) is 5.92 Å². The van der Waals surface area contributed by atoms with Gasteiger partial charge in [0.1, 0.15) is 5.82 Å². The Balaban J connectivity index is 2.75. The molecule has 2 aromatic rings. The number of benzene rings is 1. The summed E-state index contributed by atoms with van der Waals surface area (Å²) in [6, 6.07) is 3.24. The molecule has 1 unspecified atom stereocenters. The van der Waals surface area contributed by atoms with Gasteiger partial charge in [0, 0.05) is 12.1 Å². The van der Waals surface area contributed by atoms with Crippen molar-refractivity contribution in [2.75, 3.05) is 0 Å². The predicted molar refractivity (Wildman–Crippen MR) is 71.6 cm³/mol. The van der Waals surface area contributed by atoms with Gasteiger partial charge in [-0.15, -0.1) is 0 Å². The van der Waals surface area contributed by atoms with E-state index in [9.17, 15) is 4.39 Å². The lowest BCUT2D eigenvalue weighted by Crippen LogP contribution is -2.11. The Morgan fingerprint density at radius 2 is 2.00 bits per heavy atom. The molecule has 5 heteroatoms. The molecule has 0 radical (unpaired) electrons. The number of aromatic nitrogens is 2. The smallest absolute Gasteiger partial charge is 0.178 e. The highest BCUT2D eigenvalue weighted by Gasteiger charge is 2.15. The first kappa shape index (κ1) is 12.6. The third-order valence-electron chi connectivity index (χ3n) is 3.13. The second-order valence-corrected chi connectivity index (χ2v) is 5.36. The van der Waals surface area contributed by atoms with Crippen LogP contribution in [0.1, 0.15) is 26.8 Å². The second kappa shape index (κ2) is 4.42. The molecule has 0 aliphatic heterocycles. The molecule has 0 aliphatic carbocycles. The Labute approximate surface area is 109 Å². The third kappa shape index (κ3) is 2.11. The van der Waals surface area contributed by atoms with Crippen LogP contribution in [0.3, 0.4) is 0 Å². The molecule has 0 bridgehead atoms. The fourth-order valence-electron chi connectivity index (χ4n) is 1.82. The first-order valence-corrected chi connectivity index (χ1v) is 6.29. The first-order chi connectivity index (χ1) is 7.91. The molecule has 1 atom stereocenters. The zero-order valence-corrected chi connectivity index (χ0v) is 11.5. The monoisotopic (exact) mass is 272 g/mol. The Kier molecular flexibility index (Phi) is 3.27. The van der Waals surface area contributed by atoms with Crippen LogP contribution in [0.25, 0.3) is 11.0 Å². The van der Waals surface area contributed by atoms with Crippen molar-refractivity contribution in [1.29, 1.82) is 0 Å². The number of fused-ring (bicyclic) bond motifs is 1. The summed E-state index contributed by atoms with van der Waals surface area (Å²) in [5.74, 6) is 0.00398. The maximum Gasteiger partial charge on any atom is 0.178 e. The number of aromatic amines is 1. The number of halogens is 2. The van der Waals surface area contributed by atoms with Gasteiger partial charge < -0.3 is 9.55 Å². The molecule has 2 nitrogen and oxygen atoms in total. The summed E-state index contributed by atoms with van der Waals surface area (Å²) in [5, 5.41) is 0.121. The van der Waals surface area contributed by atoms with Crippen molar-refractivity contribution in [3.8, 4) is 0 Å². The number of hydrogen-bond acceptors (Lipinski definition) is 1. The number of nitrogens with one attached hydrogen (secondary N) is 1. The van der Waals surface area contributed by atoms with Crippen molar-refractivity contribution in [3.63, 3.8) is 0 Å². The molecule has 0 aliphatic rings. The molecule has 0 saturated carbocycles. The standard InChI is InChI=1S/C12H14ClFN2S/c1-6(2)7(3)16-11-4-8(13)9(14)5-10(11)15-12(16)17/h4-7H,1-3H3,(H,15,17). The van der Waals surface area contributed by atoms with Gasteiger partial charge in [0.2, 0.25) is 0 Å². The lowest BCUT2D eigenvalue weighted by atomic mass is 10.1. The summed E-state index contributed by atoms with van der Waals surface area (Å²) < 4.78 is 15.9. The normalized spacial score (nSPS) is 13.5. The largest absolute Gasteiger partial charge is 0.330 e. The van der Waals surface area contributed by atoms with E-state index in [4.69, 9.17) is 23.8 Å². The highest BCUT2D eigenvalue weighted by Crippen LogP contribution is 2.27. The summed E-state index contributed by atoms with van der Waals surface area (Å²) >= 11 is 11.1. The van der Waals surface area contributed by atoms with Crippen molar-refractivity contribution < 1.29 is 4.39 Å². The molecule has 0 amide bonds. The minimum atomic E-state index is -0.431. The highest BCUT2D eigenvalue weighted by atomic mass is 35.5. The number of rotatable bonds is 2. The van der Waals surface area contributed by atoms with Crippen molar-refractivity contribution in [1.82, 2.24) is 9.55 Å². The number of imidazole rings is 1. The third-order valence-corrected chi connectivity index (χ3v) is 3.72. The van der Waals surface area contributed by atoms with Gasteiger partial charge in [0.15, 0.2) is 4.77 Å². The molecule has 92 valence electrons. The lowest BCUT2D eigenvalue weighted by Gasteiger charge is -2.18. The Bertz CT molecular complexity index is 615. The SMILES string of the molecule is CC(C)C(C)n1c(=S)[nH]c2cc(F)c(Cl)cc21. The van der Waals surface area contributed by atoms with E-state index in [1.165, 1.54) is 6.07 Å². The minimum Gasteiger partial charge on any atom is -0.330 e. The van der Waals surface area contributed by atoms with Crippen LogP contribution in [-0.4, -0.2) is 9.55 Å². The van der Waals surface area contributed by atoms with E-state index >= 15 is 0 Å². The van der Waals surface area contributed by atoms with Crippen LogP contribution in [0, 0.1) is 16.5 Å². The van der Waals surface area contributed by atoms with E-state index in [0.717, 1.165) is 5.52 Å². The summed E-state index contributed by atoms with van der Waals surface area (Å²) in [7, 11) is 0. The van der Waals surface area contributed by atoms with Crippen LogP contribution >= 0.6 is 23.8 Å². The topological polar surface area (TPSA) is 20.7 Å². The second-order valence-electron chi connectivity index (χ2n) is 4.57. The van der Waals surface area contributed by atoms with Gasteiger partial charge in [-0.1, -0.05) is 25.4 Å². The van der Waals surface area contributed by atoms with E-state index in [0.29, 0.717) is 16.2 Å². The van der Waals surface area contributed by atoms with Gasteiger partial charge in [0.25, 0.3) is 0 Å². The lowest BCUT2D eigenvalue weighted by molar-refractivity contribution is 0.413. The van der Waals surface area contributed by atoms with Crippen LogP contribution in [0.2, 0.25) is 5.02 Å². The molecule has 1 aromatic carbocycles. The highest BCUT2D eigenvalue weighted by molar-refractivity contribution is 7.71.